The molecule has 0 aromatic heterocycles. The first kappa shape index (κ1) is 10.6. The Kier molecular flexibility index (Phi) is 2.50. The van der Waals surface area contributed by atoms with Gasteiger partial charge in [0.05, 0.1) is 12.0 Å². The molecule has 1 atom stereocenters. The Labute approximate surface area is 99.2 Å². The van der Waals surface area contributed by atoms with Crippen molar-refractivity contribution in [2.45, 2.75) is 58.3 Å². The molecule has 0 heterocycles. The minimum Gasteiger partial charge on any atom is -0.198 e. The second kappa shape index (κ2) is 3.76. The van der Waals surface area contributed by atoms with Gasteiger partial charge in [-0.25, -0.2) is 0 Å². The van der Waals surface area contributed by atoms with E-state index in [1.54, 1.807) is 0 Å². The third-order valence-corrected chi connectivity index (χ3v) is 5.56. The molecule has 1 heteroatoms. The van der Waals surface area contributed by atoms with E-state index in [1.165, 1.54) is 44.9 Å². The highest BCUT2D eigenvalue weighted by Gasteiger charge is 2.53. The van der Waals surface area contributed by atoms with Gasteiger partial charge in [-0.1, -0.05) is 13.3 Å². The lowest BCUT2D eigenvalue weighted by molar-refractivity contribution is -0.0762. The number of nitriles is 1. The fraction of sp³-hybridized carbons (Fsp3) is 0.933. The van der Waals surface area contributed by atoms with Crippen molar-refractivity contribution >= 4 is 0 Å². The van der Waals surface area contributed by atoms with Gasteiger partial charge in [0, 0.05) is 0 Å². The largest absolute Gasteiger partial charge is 0.198 e. The summed E-state index contributed by atoms with van der Waals surface area (Å²) in [6.45, 7) is 2.23. The molecule has 0 spiro atoms. The molecule has 4 aliphatic carbocycles. The minimum atomic E-state index is 0.367. The van der Waals surface area contributed by atoms with Crippen LogP contribution in [-0.4, -0.2) is 0 Å². The molecule has 0 radical (unpaired) electrons. The highest BCUT2D eigenvalue weighted by atomic mass is 14.6. The zero-order valence-electron chi connectivity index (χ0n) is 10.4. The summed E-state index contributed by atoms with van der Waals surface area (Å²) in [5, 5.41) is 9.47. The molecular weight excluding hydrogens is 194 g/mol. The lowest BCUT2D eigenvalue weighted by atomic mass is 9.46. The SMILES string of the molecule is CCCC(C#N)C12CC3CC(CC(C3)C1)C2. The molecule has 4 fully saturated rings. The van der Waals surface area contributed by atoms with E-state index in [0.717, 1.165) is 24.2 Å². The third-order valence-electron chi connectivity index (χ3n) is 5.56. The molecule has 4 saturated carbocycles. The van der Waals surface area contributed by atoms with E-state index in [9.17, 15) is 5.26 Å². The van der Waals surface area contributed by atoms with Gasteiger partial charge < -0.3 is 0 Å². The van der Waals surface area contributed by atoms with Gasteiger partial charge in [0.1, 0.15) is 0 Å². The van der Waals surface area contributed by atoms with Crippen LogP contribution in [0.2, 0.25) is 0 Å². The van der Waals surface area contributed by atoms with Crippen molar-refractivity contribution < 1.29 is 0 Å². The predicted octanol–water partition coefficient (Wildman–Crippen LogP) is 4.14. The summed E-state index contributed by atoms with van der Waals surface area (Å²) in [6.07, 6.45) is 10.9. The molecule has 0 aromatic rings. The lowest BCUT2D eigenvalue weighted by Gasteiger charge is -2.58. The van der Waals surface area contributed by atoms with Crippen LogP contribution in [0.4, 0.5) is 0 Å². The maximum atomic E-state index is 9.47. The van der Waals surface area contributed by atoms with E-state index >= 15 is 0 Å². The van der Waals surface area contributed by atoms with Gasteiger partial charge in [-0.2, -0.15) is 5.26 Å². The molecule has 1 unspecified atom stereocenters. The summed E-state index contributed by atoms with van der Waals surface area (Å²) < 4.78 is 0. The van der Waals surface area contributed by atoms with Crippen LogP contribution in [0.25, 0.3) is 0 Å². The van der Waals surface area contributed by atoms with Gasteiger partial charge in [0.2, 0.25) is 0 Å². The smallest absolute Gasteiger partial charge is 0.0661 e. The van der Waals surface area contributed by atoms with Crippen LogP contribution < -0.4 is 0 Å². The molecule has 0 aliphatic heterocycles. The monoisotopic (exact) mass is 217 g/mol. The predicted molar refractivity (Wildman–Crippen MR) is 64.6 cm³/mol. The summed E-state index contributed by atoms with van der Waals surface area (Å²) in [5.41, 5.74) is 0.458. The normalized spacial score (nSPS) is 46.6. The Morgan fingerprint density at radius 2 is 1.62 bits per heavy atom. The first-order valence-corrected chi connectivity index (χ1v) is 7.15. The topological polar surface area (TPSA) is 23.8 Å². The first-order chi connectivity index (χ1) is 7.75. The quantitative estimate of drug-likeness (QED) is 0.697. The van der Waals surface area contributed by atoms with Crippen LogP contribution in [0.15, 0.2) is 0 Å². The van der Waals surface area contributed by atoms with Gasteiger partial charge in [-0.15, -0.1) is 0 Å². The maximum absolute atomic E-state index is 9.47. The molecule has 88 valence electrons. The number of hydrogen-bond donors (Lipinski definition) is 0. The molecule has 0 saturated heterocycles. The van der Waals surface area contributed by atoms with Crippen LogP contribution in [0.5, 0.6) is 0 Å². The average Bonchev–Trinajstić information content (AvgIpc) is 2.23. The summed E-state index contributed by atoms with van der Waals surface area (Å²) in [5.74, 6) is 3.32. The van der Waals surface area contributed by atoms with Gasteiger partial charge in [0.25, 0.3) is 0 Å². The van der Waals surface area contributed by atoms with Gasteiger partial charge in [0.15, 0.2) is 0 Å². The number of hydrogen-bond acceptors (Lipinski definition) is 1. The second-order valence-corrected chi connectivity index (χ2v) is 6.75. The molecule has 4 rings (SSSR count). The third kappa shape index (κ3) is 1.50. The van der Waals surface area contributed by atoms with Gasteiger partial charge >= 0.3 is 0 Å². The standard InChI is InChI=1S/C15H23N/c1-2-3-14(10-16)15-7-11-4-12(8-15)6-13(5-11)9-15/h11-14H,2-9H2,1H3. The Balaban J connectivity index is 1.85. The summed E-state index contributed by atoms with van der Waals surface area (Å²) in [6, 6.07) is 2.66. The molecule has 0 N–H and O–H groups in total. The molecular formula is C15H23N. The first-order valence-electron chi connectivity index (χ1n) is 7.15. The highest BCUT2D eigenvalue weighted by Crippen LogP contribution is 2.63. The summed E-state index contributed by atoms with van der Waals surface area (Å²) >= 11 is 0. The number of rotatable bonds is 3. The second-order valence-electron chi connectivity index (χ2n) is 6.75. The fourth-order valence-electron chi connectivity index (χ4n) is 5.40. The van der Waals surface area contributed by atoms with E-state index in [-0.39, 0.29) is 0 Å². The van der Waals surface area contributed by atoms with E-state index < -0.39 is 0 Å². The average molecular weight is 217 g/mol. The van der Waals surface area contributed by atoms with E-state index in [4.69, 9.17) is 0 Å². The van der Waals surface area contributed by atoms with Crippen molar-refractivity contribution in [3.05, 3.63) is 0 Å². The Morgan fingerprint density at radius 1 is 1.12 bits per heavy atom. The van der Waals surface area contributed by atoms with Crippen LogP contribution in [0.3, 0.4) is 0 Å². The molecule has 0 amide bonds. The van der Waals surface area contributed by atoms with Crippen molar-refractivity contribution in [3.63, 3.8) is 0 Å². The summed E-state index contributed by atoms with van der Waals surface area (Å²) in [7, 11) is 0. The molecule has 1 nitrogen and oxygen atoms in total. The van der Waals surface area contributed by atoms with Crippen LogP contribution in [-0.2, 0) is 0 Å². The van der Waals surface area contributed by atoms with Crippen molar-refractivity contribution in [2.75, 3.05) is 0 Å². The summed E-state index contributed by atoms with van der Waals surface area (Å²) in [4.78, 5) is 0. The minimum absolute atomic E-state index is 0.367. The van der Waals surface area contributed by atoms with Crippen LogP contribution >= 0.6 is 0 Å². The van der Waals surface area contributed by atoms with Crippen molar-refractivity contribution in [2.24, 2.45) is 29.1 Å². The van der Waals surface area contributed by atoms with Gasteiger partial charge in [-0.05, 0) is 68.1 Å². The van der Waals surface area contributed by atoms with Crippen LogP contribution in [0.1, 0.15) is 58.3 Å². The maximum Gasteiger partial charge on any atom is 0.0661 e. The molecule has 16 heavy (non-hydrogen) atoms. The molecule has 4 bridgehead atoms. The zero-order valence-corrected chi connectivity index (χ0v) is 10.4. The van der Waals surface area contributed by atoms with Crippen molar-refractivity contribution in [1.82, 2.24) is 0 Å². The Morgan fingerprint density at radius 3 is 2.00 bits per heavy atom. The van der Waals surface area contributed by atoms with E-state index in [2.05, 4.69) is 13.0 Å². The highest BCUT2D eigenvalue weighted by molar-refractivity contribution is 5.08. The Bertz CT molecular complexity index is 277. The zero-order chi connectivity index (χ0) is 11.2. The molecule has 4 aliphatic rings. The van der Waals surface area contributed by atoms with Crippen molar-refractivity contribution in [3.8, 4) is 6.07 Å². The van der Waals surface area contributed by atoms with E-state index in [0.29, 0.717) is 11.3 Å². The van der Waals surface area contributed by atoms with E-state index in [1.807, 2.05) is 0 Å². The number of nitrogens with zero attached hydrogens (tertiary/aromatic N) is 1. The fourth-order valence-corrected chi connectivity index (χ4v) is 5.40. The van der Waals surface area contributed by atoms with Crippen LogP contribution in [0, 0.1) is 40.4 Å². The molecule has 0 aromatic carbocycles. The lowest BCUT2D eigenvalue weighted by Crippen LogP contribution is -2.49. The Hall–Kier alpha value is -0.510. The van der Waals surface area contributed by atoms with Gasteiger partial charge in [-0.3, -0.25) is 0 Å². The van der Waals surface area contributed by atoms with Crippen molar-refractivity contribution in [1.29, 1.82) is 5.26 Å².